The maximum Gasteiger partial charge on any atom is 0.230 e. The lowest BCUT2D eigenvalue weighted by Gasteiger charge is -2.12. The number of rotatable bonds is 3. The molecular formula is C29H40N2O2. The van der Waals surface area contributed by atoms with Crippen molar-refractivity contribution in [3.8, 4) is 11.8 Å². The minimum atomic E-state index is -0.133. The predicted octanol–water partition coefficient (Wildman–Crippen LogP) is 7.63. The fourth-order valence-electron chi connectivity index (χ4n) is 2.42. The van der Waals surface area contributed by atoms with Gasteiger partial charge in [-0.3, -0.25) is 4.79 Å². The molecule has 0 unspecified atom stereocenters. The Morgan fingerprint density at radius 2 is 1.36 bits per heavy atom. The van der Waals surface area contributed by atoms with Crippen molar-refractivity contribution in [1.29, 1.82) is 0 Å². The van der Waals surface area contributed by atoms with E-state index < -0.39 is 0 Å². The first kappa shape index (κ1) is 29.7. The molecule has 1 N–H and O–H groups in total. The third-order valence-corrected chi connectivity index (χ3v) is 3.93. The van der Waals surface area contributed by atoms with Gasteiger partial charge in [0.1, 0.15) is 5.76 Å². The van der Waals surface area contributed by atoms with Crippen molar-refractivity contribution in [2.75, 3.05) is 5.32 Å². The fourth-order valence-corrected chi connectivity index (χ4v) is 2.42. The smallest absolute Gasteiger partial charge is 0.230 e. The molecule has 1 heterocycles. The van der Waals surface area contributed by atoms with Crippen molar-refractivity contribution in [2.45, 2.75) is 74.1 Å². The van der Waals surface area contributed by atoms with Crippen LogP contribution < -0.4 is 5.32 Å². The summed E-state index contributed by atoms with van der Waals surface area (Å²) in [6.07, 6.45) is 0.176. The molecule has 0 atom stereocenters. The maximum atomic E-state index is 12.2. The lowest BCUT2D eigenvalue weighted by atomic mass is 9.93. The summed E-state index contributed by atoms with van der Waals surface area (Å²) < 4.78 is 5.31. The van der Waals surface area contributed by atoms with Gasteiger partial charge in [-0.05, 0) is 36.4 Å². The highest BCUT2D eigenvalue weighted by Gasteiger charge is 2.20. The molecule has 4 nitrogen and oxygen atoms in total. The van der Waals surface area contributed by atoms with E-state index in [4.69, 9.17) is 4.52 Å². The summed E-state index contributed by atoms with van der Waals surface area (Å²) in [7, 11) is 0. The van der Waals surface area contributed by atoms with Gasteiger partial charge in [0, 0.05) is 28.3 Å². The summed E-state index contributed by atoms with van der Waals surface area (Å²) in [5.41, 5.74) is 3.09. The molecule has 0 spiro atoms. The lowest BCUT2D eigenvalue weighted by molar-refractivity contribution is -0.115. The van der Waals surface area contributed by atoms with Gasteiger partial charge in [0.15, 0.2) is 0 Å². The quantitative estimate of drug-likeness (QED) is 0.419. The van der Waals surface area contributed by atoms with Gasteiger partial charge in [-0.15, -0.1) is 0 Å². The van der Waals surface area contributed by atoms with Gasteiger partial charge < -0.3 is 9.84 Å². The van der Waals surface area contributed by atoms with E-state index in [0.717, 1.165) is 22.6 Å². The molecule has 4 heteroatoms. The molecule has 2 aromatic carbocycles. The molecule has 3 rings (SSSR count). The third-order valence-electron chi connectivity index (χ3n) is 3.93. The highest BCUT2D eigenvalue weighted by Crippen LogP contribution is 2.22. The Hall–Kier alpha value is -3.32. The number of hydrogen-bond donors (Lipinski definition) is 1. The average molecular weight is 449 g/mol. The van der Waals surface area contributed by atoms with E-state index in [1.54, 1.807) is 0 Å². The molecule has 0 radical (unpaired) electrons. The summed E-state index contributed by atoms with van der Waals surface area (Å²) >= 11 is 0. The maximum absolute atomic E-state index is 12.2. The molecule has 0 fully saturated rings. The topological polar surface area (TPSA) is 55.1 Å². The van der Waals surface area contributed by atoms with Crippen LogP contribution in [0.15, 0.2) is 65.2 Å². The monoisotopic (exact) mass is 448 g/mol. The SMILES string of the molecule is CC.CC.CC.CC(C)(C)c1cc(CC(=O)Nc2ccc(C#Cc3ccccc3)cc2)no1. The zero-order valence-corrected chi connectivity index (χ0v) is 21.7. The van der Waals surface area contributed by atoms with Gasteiger partial charge in [0.05, 0.1) is 12.1 Å². The largest absolute Gasteiger partial charge is 0.361 e. The second kappa shape index (κ2) is 16.3. The van der Waals surface area contributed by atoms with E-state index in [-0.39, 0.29) is 17.7 Å². The minimum Gasteiger partial charge on any atom is -0.361 e. The molecule has 1 aromatic heterocycles. The van der Waals surface area contributed by atoms with Gasteiger partial charge in [-0.25, -0.2) is 0 Å². The van der Waals surface area contributed by atoms with E-state index in [0.29, 0.717) is 5.69 Å². The number of benzene rings is 2. The molecule has 0 aliphatic rings. The summed E-state index contributed by atoms with van der Waals surface area (Å²) in [5.74, 6) is 6.86. The Kier molecular flexibility index (Phi) is 14.7. The third kappa shape index (κ3) is 11.2. The Balaban J connectivity index is 0.00000158. The van der Waals surface area contributed by atoms with Gasteiger partial charge in [0.25, 0.3) is 0 Å². The normalized spacial score (nSPS) is 9.36. The van der Waals surface area contributed by atoms with Crippen LogP contribution in [0.1, 0.15) is 84.9 Å². The number of carbonyl (C=O) groups is 1. The zero-order chi connectivity index (χ0) is 25.3. The van der Waals surface area contributed by atoms with Crippen LogP contribution in [0, 0.1) is 11.8 Å². The zero-order valence-electron chi connectivity index (χ0n) is 21.7. The van der Waals surface area contributed by atoms with E-state index in [9.17, 15) is 4.79 Å². The van der Waals surface area contributed by atoms with Crippen LogP contribution in [-0.4, -0.2) is 11.1 Å². The predicted molar refractivity (Wildman–Crippen MR) is 140 cm³/mol. The minimum absolute atomic E-state index is 0.127. The van der Waals surface area contributed by atoms with Crippen molar-refractivity contribution in [3.63, 3.8) is 0 Å². The molecular weight excluding hydrogens is 408 g/mol. The van der Waals surface area contributed by atoms with Gasteiger partial charge >= 0.3 is 0 Å². The van der Waals surface area contributed by atoms with Gasteiger partial charge in [-0.1, -0.05) is 97.5 Å². The Bertz CT molecular complexity index is 970. The summed E-state index contributed by atoms with van der Waals surface area (Å²) in [4.78, 5) is 12.2. The molecule has 3 aromatic rings. The number of carbonyl (C=O) groups excluding carboxylic acids is 1. The highest BCUT2D eigenvalue weighted by atomic mass is 16.5. The number of aromatic nitrogens is 1. The molecule has 0 aliphatic carbocycles. The molecule has 1 amide bonds. The van der Waals surface area contributed by atoms with Crippen LogP contribution in [-0.2, 0) is 16.6 Å². The Morgan fingerprint density at radius 3 is 1.85 bits per heavy atom. The van der Waals surface area contributed by atoms with Crippen molar-refractivity contribution >= 4 is 11.6 Å². The molecule has 0 aliphatic heterocycles. The van der Waals surface area contributed by atoms with Gasteiger partial charge in [0.2, 0.25) is 5.91 Å². The Morgan fingerprint density at radius 1 is 0.848 bits per heavy atom. The van der Waals surface area contributed by atoms with Crippen molar-refractivity contribution in [2.24, 2.45) is 0 Å². The number of hydrogen-bond acceptors (Lipinski definition) is 3. The fraction of sp³-hybridized carbons (Fsp3) is 0.379. The second-order valence-electron chi connectivity index (χ2n) is 7.35. The lowest BCUT2D eigenvalue weighted by Crippen LogP contribution is -2.14. The number of nitrogens with zero attached hydrogens (tertiary/aromatic N) is 1. The number of amides is 1. The number of anilines is 1. The van der Waals surface area contributed by atoms with Gasteiger partial charge in [-0.2, -0.15) is 0 Å². The first-order valence-corrected chi connectivity index (χ1v) is 11.8. The summed E-state index contributed by atoms with van der Waals surface area (Å²) in [6.45, 7) is 18.1. The van der Waals surface area contributed by atoms with Crippen molar-refractivity contribution in [3.05, 3.63) is 83.2 Å². The Labute approximate surface area is 200 Å². The second-order valence-corrected chi connectivity index (χ2v) is 7.35. The van der Waals surface area contributed by atoms with E-state index >= 15 is 0 Å². The van der Waals surface area contributed by atoms with Crippen LogP contribution in [0.5, 0.6) is 0 Å². The van der Waals surface area contributed by atoms with Crippen LogP contribution in [0.3, 0.4) is 0 Å². The van der Waals surface area contributed by atoms with Crippen LogP contribution in [0.2, 0.25) is 0 Å². The molecule has 0 bridgehead atoms. The van der Waals surface area contributed by atoms with Crippen molar-refractivity contribution < 1.29 is 9.32 Å². The highest BCUT2D eigenvalue weighted by molar-refractivity contribution is 5.92. The first-order chi connectivity index (χ1) is 15.9. The van der Waals surface area contributed by atoms with Crippen LogP contribution in [0.4, 0.5) is 5.69 Å². The standard InChI is InChI=1S/C23H22N2O2.3C2H6/c1-23(2,3)21-15-20(25-27-21)16-22(26)24-19-13-11-18(12-14-19)10-9-17-7-5-4-6-8-17;3*1-2/h4-8,11-15H,16H2,1-3H3,(H,24,26);3*1-2H3. The van der Waals surface area contributed by atoms with E-state index in [1.165, 1.54) is 0 Å². The van der Waals surface area contributed by atoms with E-state index in [2.05, 4.69) is 22.3 Å². The summed E-state index contributed by atoms with van der Waals surface area (Å²) in [6, 6.07) is 19.1. The molecule has 0 saturated heterocycles. The average Bonchev–Trinajstić information content (AvgIpc) is 3.32. The first-order valence-electron chi connectivity index (χ1n) is 11.8. The molecule has 33 heavy (non-hydrogen) atoms. The molecule has 178 valence electrons. The van der Waals surface area contributed by atoms with Crippen LogP contribution >= 0.6 is 0 Å². The van der Waals surface area contributed by atoms with Crippen molar-refractivity contribution in [1.82, 2.24) is 5.16 Å². The number of nitrogens with one attached hydrogen (secondary N) is 1. The molecule has 0 saturated carbocycles. The van der Waals surface area contributed by atoms with Crippen LogP contribution in [0.25, 0.3) is 0 Å². The van der Waals surface area contributed by atoms with E-state index in [1.807, 2.05) is 123 Å². The summed E-state index contributed by atoms with van der Waals surface area (Å²) in [5, 5.41) is 6.85.